The normalized spacial score (nSPS) is 12.7. The second-order valence-corrected chi connectivity index (χ2v) is 9.17. The molecular formula is C32H29NO5. The number of alkyl carbamates (subject to hydrolysis) is 1. The number of amides is 1. The molecule has 4 aromatic rings. The maximum atomic E-state index is 13.1. The van der Waals surface area contributed by atoms with Gasteiger partial charge in [0.2, 0.25) is 0 Å². The fraction of sp³-hybridized carbons (Fsp3) is 0.188. The van der Waals surface area contributed by atoms with Gasteiger partial charge < -0.3 is 19.5 Å². The molecule has 6 heteroatoms. The number of benzene rings is 4. The molecule has 1 amide bonds. The number of ether oxygens (including phenoxy) is 3. The van der Waals surface area contributed by atoms with Crippen LogP contribution in [0.2, 0.25) is 0 Å². The summed E-state index contributed by atoms with van der Waals surface area (Å²) in [7, 11) is 1.60. The molecule has 1 N–H and O–H groups in total. The Labute approximate surface area is 222 Å². The molecule has 4 aromatic carbocycles. The first-order chi connectivity index (χ1) is 18.6. The fourth-order valence-electron chi connectivity index (χ4n) is 4.80. The summed E-state index contributed by atoms with van der Waals surface area (Å²) in [6, 6.07) is 32.2. The average molecular weight is 508 g/mol. The van der Waals surface area contributed by atoms with Gasteiger partial charge in [0.05, 0.1) is 7.11 Å². The predicted molar refractivity (Wildman–Crippen MR) is 145 cm³/mol. The minimum atomic E-state index is -0.897. The molecule has 0 radical (unpaired) electrons. The van der Waals surface area contributed by atoms with Crippen LogP contribution in [-0.2, 0) is 27.3 Å². The van der Waals surface area contributed by atoms with Crippen molar-refractivity contribution < 1.29 is 23.8 Å². The van der Waals surface area contributed by atoms with Crippen molar-refractivity contribution in [3.05, 3.63) is 125 Å². The van der Waals surface area contributed by atoms with Gasteiger partial charge in [-0.05, 0) is 45.5 Å². The van der Waals surface area contributed by atoms with E-state index in [1.807, 2.05) is 66.7 Å². The third-order valence-corrected chi connectivity index (χ3v) is 6.74. The van der Waals surface area contributed by atoms with E-state index in [-0.39, 0.29) is 25.6 Å². The molecule has 5 rings (SSSR count). The highest BCUT2D eigenvalue weighted by Crippen LogP contribution is 2.44. The topological polar surface area (TPSA) is 73.9 Å². The lowest BCUT2D eigenvalue weighted by Crippen LogP contribution is -2.43. The van der Waals surface area contributed by atoms with Crippen LogP contribution < -0.4 is 10.1 Å². The van der Waals surface area contributed by atoms with Gasteiger partial charge in [0.1, 0.15) is 25.0 Å². The van der Waals surface area contributed by atoms with E-state index >= 15 is 0 Å². The van der Waals surface area contributed by atoms with Crippen molar-refractivity contribution in [3.8, 4) is 16.9 Å². The molecule has 0 aromatic heterocycles. The first-order valence-electron chi connectivity index (χ1n) is 12.6. The van der Waals surface area contributed by atoms with Crippen molar-refractivity contribution in [3.63, 3.8) is 0 Å². The third kappa shape index (κ3) is 5.70. The maximum absolute atomic E-state index is 13.1. The van der Waals surface area contributed by atoms with Crippen LogP contribution in [0.5, 0.6) is 5.75 Å². The van der Waals surface area contributed by atoms with Crippen LogP contribution in [0.3, 0.4) is 0 Å². The zero-order valence-corrected chi connectivity index (χ0v) is 21.1. The van der Waals surface area contributed by atoms with E-state index in [2.05, 4.69) is 29.6 Å². The van der Waals surface area contributed by atoms with Gasteiger partial charge >= 0.3 is 12.1 Å². The molecule has 0 heterocycles. The first-order valence-corrected chi connectivity index (χ1v) is 12.6. The lowest BCUT2D eigenvalue weighted by molar-refractivity contribution is -0.147. The third-order valence-electron chi connectivity index (χ3n) is 6.74. The van der Waals surface area contributed by atoms with E-state index in [1.165, 1.54) is 0 Å². The van der Waals surface area contributed by atoms with Gasteiger partial charge in [-0.1, -0.05) is 91.0 Å². The zero-order chi connectivity index (χ0) is 26.3. The Morgan fingerprint density at radius 2 is 1.34 bits per heavy atom. The van der Waals surface area contributed by atoms with E-state index < -0.39 is 18.1 Å². The Kier molecular flexibility index (Phi) is 7.69. The van der Waals surface area contributed by atoms with Crippen LogP contribution in [0.4, 0.5) is 4.79 Å². The monoisotopic (exact) mass is 507 g/mol. The largest absolute Gasteiger partial charge is 0.497 e. The second-order valence-electron chi connectivity index (χ2n) is 9.17. The van der Waals surface area contributed by atoms with E-state index in [4.69, 9.17) is 14.2 Å². The highest BCUT2D eigenvalue weighted by atomic mass is 16.6. The molecule has 6 nitrogen and oxygen atoms in total. The number of nitrogens with one attached hydrogen (secondary N) is 1. The van der Waals surface area contributed by atoms with Crippen molar-refractivity contribution in [2.75, 3.05) is 13.7 Å². The van der Waals surface area contributed by atoms with Gasteiger partial charge in [0, 0.05) is 12.3 Å². The summed E-state index contributed by atoms with van der Waals surface area (Å²) in [6.45, 7) is 0.249. The van der Waals surface area contributed by atoms with E-state index in [9.17, 15) is 9.59 Å². The number of hydrogen-bond acceptors (Lipinski definition) is 5. The maximum Gasteiger partial charge on any atom is 0.407 e. The highest BCUT2D eigenvalue weighted by Gasteiger charge is 2.30. The Balaban J connectivity index is 1.25. The molecule has 1 aliphatic carbocycles. The molecule has 0 unspecified atom stereocenters. The molecular weight excluding hydrogens is 478 g/mol. The molecule has 0 saturated carbocycles. The number of carbonyl (C=O) groups excluding carboxylic acids is 2. The van der Waals surface area contributed by atoms with Crippen molar-refractivity contribution in [2.45, 2.75) is 25.0 Å². The van der Waals surface area contributed by atoms with Crippen LogP contribution in [0.15, 0.2) is 103 Å². The standard InChI is InChI=1S/C32H29NO5/c1-36-24-17-15-23(16-18-24)20-37-31(34)30(19-22-9-3-2-4-10-22)33-32(35)38-21-29-27-13-7-5-11-25(27)26-12-6-8-14-28(26)29/h2-18,29-30H,19-21H2,1H3,(H,33,35)/t30-/m0/s1. The molecule has 0 aliphatic heterocycles. The van der Waals surface area contributed by atoms with Crippen LogP contribution in [-0.4, -0.2) is 31.8 Å². The lowest BCUT2D eigenvalue weighted by atomic mass is 9.98. The summed E-state index contributed by atoms with van der Waals surface area (Å²) in [5.74, 6) is 0.125. The van der Waals surface area contributed by atoms with Crippen LogP contribution >= 0.6 is 0 Å². The SMILES string of the molecule is COc1ccc(COC(=O)[C@H](Cc2ccccc2)NC(=O)OCC2c3ccccc3-c3ccccc32)cc1. The van der Waals surface area contributed by atoms with Crippen LogP contribution in [0, 0.1) is 0 Å². The second kappa shape index (κ2) is 11.6. The smallest absolute Gasteiger partial charge is 0.407 e. The summed E-state index contributed by atoms with van der Waals surface area (Å²) in [6.07, 6.45) is -0.374. The number of carbonyl (C=O) groups is 2. The van der Waals surface area contributed by atoms with E-state index in [0.29, 0.717) is 0 Å². The van der Waals surface area contributed by atoms with Crippen LogP contribution in [0.1, 0.15) is 28.2 Å². The molecule has 1 aliphatic rings. The Morgan fingerprint density at radius 3 is 1.97 bits per heavy atom. The molecule has 38 heavy (non-hydrogen) atoms. The zero-order valence-electron chi connectivity index (χ0n) is 21.1. The first kappa shape index (κ1) is 25.1. The number of rotatable bonds is 9. The quantitative estimate of drug-likeness (QED) is 0.286. The number of esters is 1. The Hall–Kier alpha value is -4.58. The lowest BCUT2D eigenvalue weighted by Gasteiger charge is -2.19. The van der Waals surface area contributed by atoms with Gasteiger partial charge in [0.15, 0.2) is 0 Å². The van der Waals surface area contributed by atoms with E-state index in [1.54, 1.807) is 19.2 Å². The number of methoxy groups -OCH3 is 1. The molecule has 0 fully saturated rings. The van der Waals surface area contributed by atoms with E-state index in [0.717, 1.165) is 39.1 Å². The molecule has 192 valence electrons. The molecule has 0 bridgehead atoms. The fourth-order valence-corrected chi connectivity index (χ4v) is 4.80. The van der Waals surface area contributed by atoms with Gasteiger partial charge in [-0.3, -0.25) is 0 Å². The van der Waals surface area contributed by atoms with Gasteiger partial charge in [-0.2, -0.15) is 0 Å². The molecule has 0 saturated heterocycles. The van der Waals surface area contributed by atoms with Crippen molar-refractivity contribution in [1.29, 1.82) is 0 Å². The summed E-state index contributed by atoms with van der Waals surface area (Å²) in [5, 5.41) is 2.74. The summed E-state index contributed by atoms with van der Waals surface area (Å²) >= 11 is 0. The van der Waals surface area contributed by atoms with Gasteiger partial charge in [-0.15, -0.1) is 0 Å². The summed E-state index contributed by atoms with van der Waals surface area (Å²) in [4.78, 5) is 26.0. The Morgan fingerprint density at radius 1 is 0.737 bits per heavy atom. The summed E-state index contributed by atoms with van der Waals surface area (Å²) < 4.78 is 16.4. The Bertz CT molecular complexity index is 1360. The molecule has 0 spiro atoms. The van der Waals surface area contributed by atoms with Crippen molar-refractivity contribution in [1.82, 2.24) is 5.32 Å². The predicted octanol–water partition coefficient (Wildman–Crippen LogP) is 5.89. The molecule has 1 atom stereocenters. The minimum Gasteiger partial charge on any atom is -0.497 e. The van der Waals surface area contributed by atoms with Crippen molar-refractivity contribution in [2.24, 2.45) is 0 Å². The average Bonchev–Trinajstić information content (AvgIpc) is 3.29. The number of hydrogen-bond donors (Lipinski definition) is 1. The highest BCUT2D eigenvalue weighted by molar-refractivity contribution is 5.82. The summed E-state index contributed by atoms with van der Waals surface area (Å²) in [5.41, 5.74) is 6.28. The van der Waals surface area contributed by atoms with Crippen LogP contribution in [0.25, 0.3) is 11.1 Å². The minimum absolute atomic E-state index is 0.0669. The number of fused-ring (bicyclic) bond motifs is 3. The van der Waals surface area contributed by atoms with Crippen molar-refractivity contribution >= 4 is 12.1 Å². The van der Waals surface area contributed by atoms with Gasteiger partial charge in [0.25, 0.3) is 0 Å². The van der Waals surface area contributed by atoms with Gasteiger partial charge in [-0.25, -0.2) is 9.59 Å².